The van der Waals surface area contributed by atoms with Crippen molar-refractivity contribution in [2.45, 2.75) is 73.0 Å². The molecule has 1 atom stereocenters. The van der Waals surface area contributed by atoms with E-state index in [2.05, 4.69) is 25.7 Å². The third-order valence-corrected chi connectivity index (χ3v) is 6.85. The number of hydrogen-bond donors (Lipinski definition) is 1. The third kappa shape index (κ3) is 5.35. The molecule has 1 saturated heterocycles. The van der Waals surface area contributed by atoms with E-state index in [9.17, 15) is 9.90 Å². The van der Waals surface area contributed by atoms with Gasteiger partial charge >= 0.3 is 5.97 Å². The first-order valence-electron chi connectivity index (χ1n) is 12.5. The number of piperidine rings is 1. The summed E-state index contributed by atoms with van der Waals surface area (Å²) in [6.45, 7) is 16.0. The van der Waals surface area contributed by atoms with Gasteiger partial charge in [-0.1, -0.05) is 51.1 Å². The van der Waals surface area contributed by atoms with Crippen LogP contribution in [0.15, 0.2) is 36.4 Å². The molecule has 7 heteroatoms. The van der Waals surface area contributed by atoms with E-state index in [0.717, 1.165) is 43.0 Å². The molecule has 1 N–H and O–H groups in total. The summed E-state index contributed by atoms with van der Waals surface area (Å²) in [5, 5.41) is 15.2. The average Bonchev–Trinajstić information content (AvgIpc) is 3.19. The molecule has 188 valence electrons. The van der Waals surface area contributed by atoms with E-state index in [1.165, 1.54) is 0 Å². The molecule has 0 spiro atoms. The number of nitrogens with zero attached hydrogens (tertiary/aromatic N) is 4. The number of ether oxygens (including phenoxy) is 1. The van der Waals surface area contributed by atoms with Crippen molar-refractivity contribution >= 4 is 17.4 Å². The van der Waals surface area contributed by atoms with Gasteiger partial charge in [0.15, 0.2) is 11.8 Å². The van der Waals surface area contributed by atoms with Crippen LogP contribution in [0.5, 0.6) is 0 Å². The van der Waals surface area contributed by atoms with Crippen LogP contribution in [0.1, 0.15) is 71.7 Å². The Morgan fingerprint density at radius 1 is 1.09 bits per heavy atom. The summed E-state index contributed by atoms with van der Waals surface area (Å²) in [5.74, 6) is 0.364. The maximum atomic E-state index is 12.5. The predicted molar refractivity (Wildman–Crippen MR) is 139 cm³/mol. The first kappa shape index (κ1) is 25.2. The number of aromatic nitrogens is 3. The highest BCUT2D eigenvalue weighted by atomic mass is 16.5. The normalized spacial score (nSPS) is 16.6. The Labute approximate surface area is 208 Å². The molecule has 1 aliphatic heterocycles. The summed E-state index contributed by atoms with van der Waals surface area (Å²) in [7, 11) is 0. The molecule has 3 heterocycles. The Hall–Kier alpha value is -2.93. The molecule has 0 bridgehead atoms. The van der Waals surface area contributed by atoms with E-state index in [1.807, 2.05) is 68.6 Å². The minimum absolute atomic E-state index is 0.240. The molecule has 0 aliphatic carbocycles. The van der Waals surface area contributed by atoms with Gasteiger partial charge in [0.05, 0.1) is 16.9 Å². The fourth-order valence-electron chi connectivity index (χ4n) is 5.02. The number of anilines is 1. The van der Waals surface area contributed by atoms with E-state index >= 15 is 0 Å². The van der Waals surface area contributed by atoms with E-state index in [0.29, 0.717) is 22.8 Å². The Balaban J connectivity index is 1.89. The van der Waals surface area contributed by atoms with Crippen LogP contribution in [0.25, 0.3) is 16.9 Å². The summed E-state index contributed by atoms with van der Waals surface area (Å²) in [6.07, 6.45) is 0.930. The zero-order valence-electron chi connectivity index (χ0n) is 22.0. The molecule has 1 aromatic carbocycles. The zero-order valence-corrected chi connectivity index (χ0v) is 22.0. The van der Waals surface area contributed by atoms with Gasteiger partial charge in [0, 0.05) is 30.4 Å². The van der Waals surface area contributed by atoms with Gasteiger partial charge in [-0.25, -0.2) is 9.78 Å². The van der Waals surface area contributed by atoms with Gasteiger partial charge in [0.25, 0.3) is 0 Å². The van der Waals surface area contributed by atoms with Crippen LogP contribution >= 0.6 is 0 Å². The minimum Gasteiger partial charge on any atom is -0.479 e. The van der Waals surface area contributed by atoms with Gasteiger partial charge in [-0.2, -0.15) is 9.61 Å². The summed E-state index contributed by atoms with van der Waals surface area (Å²) in [5.41, 5.74) is 3.35. The van der Waals surface area contributed by atoms with Gasteiger partial charge in [-0.15, -0.1) is 0 Å². The van der Waals surface area contributed by atoms with Crippen molar-refractivity contribution < 1.29 is 14.6 Å². The Morgan fingerprint density at radius 3 is 2.26 bits per heavy atom. The lowest BCUT2D eigenvalue weighted by atomic mass is 9.75. The van der Waals surface area contributed by atoms with Crippen LogP contribution in [0.3, 0.4) is 0 Å². The molecular formula is C28H38N4O3. The number of carboxylic acid groups (broad SMARTS) is 1. The number of aryl methyl sites for hydroxylation is 1. The molecule has 1 aliphatic rings. The number of aliphatic carboxylic acids is 1. The van der Waals surface area contributed by atoms with Gasteiger partial charge in [0.1, 0.15) is 5.82 Å². The predicted octanol–water partition coefficient (Wildman–Crippen LogP) is 5.91. The lowest BCUT2D eigenvalue weighted by Gasteiger charge is -2.40. The molecular weight excluding hydrogens is 440 g/mol. The quantitative estimate of drug-likeness (QED) is 0.491. The van der Waals surface area contributed by atoms with Gasteiger partial charge in [-0.3, -0.25) is 0 Å². The monoisotopic (exact) mass is 478 g/mol. The number of carbonyl (C=O) groups is 1. The first-order valence-corrected chi connectivity index (χ1v) is 12.5. The zero-order chi connectivity index (χ0) is 25.5. The smallest absolute Gasteiger partial charge is 0.337 e. The van der Waals surface area contributed by atoms with Crippen molar-refractivity contribution in [2.75, 3.05) is 18.0 Å². The SMILES string of the molecule is Cc1nc2cc(-c3ccccc3)nn2c(N2CCC(C(C)(C)C)CC2)c1C(OC(C)(C)C)C(=O)O. The van der Waals surface area contributed by atoms with Crippen molar-refractivity contribution in [1.82, 2.24) is 14.6 Å². The topological polar surface area (TPSA) is 80.0 Å². The molecule has 1 fully saturated rings. The second-order valence-corrected chi connectivity index (χ2v) is 11.7. The Kier molecular flexibility index (Phi) is 6.66. The summed E-state index contributed by atoms with van der Waals surface area (Å²) < 4.78 is 7.93. The van der Waals surface area contributed by atoms with E-state index < -0.39 is 17.7 Å². The average molecular weight is 479 g/mol. The van der Waals surface area contributed by atoms with E-state index in [1.54, 1.807) is 0 Å². The number of fused-ring (bicyclic) bond motifs is 1. The van der Waals surface area contributed by atoms with Crippen molar-refractivity contribution in [2.24, 2.45) is 11.3 Å². The highest BCUT2D eigenvalue weighted by Crippen LogP contribution is 2.40. The van der Waals surface area contributed by atoms with Crippen molar-refractivity contribution in [3.05, 3.63) is 47.7 Å². The number of benzene rings is 1. The lowest BCUT2D eigenvalue weighted by molar-refractivity contribution is -0.160. The highest BCUT2D eigenvalue weighted by Gasteiger charge is 2.36. The largest absolute Gasteiger partial charge is 0.479 e. The van der Waals surface area contributed by atoms with Gasteiger partial charge in [0.2, 0.25) is 0 Å². The number of rotatable bonds is 5. The standard InChI is InChI=1S/C28H38N4O3/c1-18-23(24(26(33)34)35-28(5,6)7)25(31-15-13-20(14-16-31)27(2,3)4)32-22(29-18)17-21(30-32)19-11-9-8-10-12-19/h8-12,17,20,24H,13-16H2,1-7H3,(H,33,34). The van der Waals surface area contributed by atoms with Crippen LogP contribution < -0.4 is 4.90 Å². The maximum Gasteiger partial charge on any atom is 0.337 e. The summed E-state index contributed by atoms with van der Waals surface area (Å²) in [6, 6.07) is 12.0. The first-order chi connectivity index (χ1) is 16.3. The molecule has 4 rings (SSSR count). The second kappa shape index (κ2) is 9.26. The van der Waals surface area contributed by atoms with Crippen LogP contribution in [-0.2, 0) is 9.53 Å². The van der Waals surface area contributed by atoms with Crippen LogP contribution in [-0.4, -0.2) is 44.4 Å². The summed E-state index contributed by atoms with van der Waals surface area (Å²) in [4.78, 5) is 19.6. The van der Waals surface area contributed by atoms with Crippen molar-refractivity contribution in [3.63, 3.8) is 0 Å². The molecule has 2 aromatic heterocycles. The number of hydrogen-bond acceptors (Lipinski definition) is 5. The number of carboxylic acids is 1. The molecule has 0 radical (unpaired) electrons. The fourth-order valence-corrected chi connectivity index (χ4v) is 5.02. The van der Waals surface area contributed by atoms with Crippen molar-refractivity contribution in [1.29, 1.82) is 0 Å². The highest BCUT2D eigenvalue weighted by molar-refractivity contribution is 5.79. The molecule has 3 aromatic rings. The Morgan fingerprint density at radius 2 is 1.71 bits per heavy atom. The van der Waals surface area contributed by atoms with Crippen LogP contribution in [0.4, 0.5) is 5.82 Å². The van der Waals surface area contributed by atoms with Crippen LogP contribution in [0, 0.1) is 18.3 Å². The van der Waals surface area contributed by atoms with E-state index in [-0.39, 0.29) is 5.41 Å². The Bertz CT molecular complexity index is 1200. The molecule has 35 heavy (non-hydrogen) atoms. The van der Waals surface area contributed by atoms with Gasteiger partial charge < -0.3 is 14.7 Å². The maximum absolute atomic E-state index is 12.5. The molecule has 0 saturated carbocycles. The minimum atomic E-state index is -1.15. The van der Waals surface area contributed by atoms with Crippen LogP contribution in [0.2, 0.25) is 0 Å². The molecule has 7 nitrogen and oxygen atoms in total. The second-order valence-electron chi connectivity index (χ2n) is 11.7. The van der Waals surface area contributed by atoms with Crippen molar-refractivity contribution in [3.8, 4) is 11.3 Å². The molecule has 1 unspecified atom stereocenters. The van der Waals surface area contributed by atoms with Gasteiger partial charge in [-0.05, 0) is 51.9 Å². The van der Waals surface area contributed by atoms with E-state index in [4.69, 9.17) is 14.8 Å². The lowest BCUT2D eigenvalue weighted by Crippen LogP contribution is -2.40. The molecule has 0 amide bonds. The third-order valence-electron chi connectivity index (χ3n) is 6.85. The summed E-state index contributed by atoms with van der Waals surface area (Å²) >= 11 is 0. The fraction of sp³-hybridized carbons (Fsp3) is 0.536.